The van der Waals surface area contributed by atoms with Crippen LogP contribution in [0.15, 0.2) is 60.7 Å². The van der Waals surface area contributed by atoms with Crippen LogP contribution < -0.4 is 5.32 Å². The molecule has 2 aromatic carbocycles. The molecule has 2 rings (SSSR count). The highest BCUT2D eigenvalue weighted by molar-refractivity contribution is 5.74. The Morgan fingerprint density at radius 2 is 1.43 bits per heavy atom. The molecule has 0 spiro atoms. The second kappa shape index (κ2) is 8.96. The third-order valence-electron chi connectivity index (χ3n) is 3.61. The number of carbonyl (C=O) groups excluding carboxylic acids is 1. The molecule has 0 aromatic heterocycles. The summed E-state index contributed by atoms with van der Waals surface area (Å²) in [6.07, 6.45) is 0. The molecule has 0 fully saturated rings. The number of carbonyl (C=O) groups is 1. The summed E-state index contributed by atoms with van der Waals surface area (Å²) in [5.41, 5.74) is 2.24. The van der Waals surface area contributed by atoms with Crippen molar-refractivity contribution in [2.24, 2.45) is 0 Å². The van der Waals surface area contributed by atoms with E-state index >= 15 is 0 Å². The molecule has 0 saturated carbocycles. The highest BCUT2D eigenvalue weighted by Gasteiger charge is 2.13. The number of amides is 2. The van der Waals surface area contributed by atoms with E-state index in [1.54, 1.807) is 0 Å². The van der Waals surface area contributed by atoms with Crippen LogP contribution in [0.25, 0.3) is 0 Å². The van der Waals surface area contributed by atoms with Crippen LogP contribution >= 0.6 is 0 Å². The maximum Gasteiger partial charge on any atom is 0.318 e. The Balaban J connectivity index is 1.95. The van der Waals surface area contributed by atoms with Gasteiger partial charge in [0, 0.05) is 26.2 Å². The first-order valence-electron chi connectivity index (χ1n) is 7.90. The minimum atomic E-state index is -0.0282. The zero-order valence-electron chi connectivity index (χ0n) is 13.9. The van der Waals surface area contributed by atoms with Gasteiger partial charge in [0.25, 0.3) is 0 Å². The fourth-order valence-electron chi connectivity index (χ4n) is 2.26. The van der Waals surface area contributed by atoms with Crippen LogP contribution in [0.4, 0.5) is 4.79 Å². The highest BCUT2D eigenvalue weighted by Crippen LogP contribution is 2.06. The Labute approximate surface area is 138 Å². The molecule has 2 amide bonds. The van der Waals surface area contributed by atoms with Gasteiger partial charge in [-0.05, 0) is 25.2 Å². The average molecular weight is 311 g/mol. The number of nitrogens with one attached hydrogen (secondary N) is 1. The number of likely N-dealkylation sites (N-methyl/N-ethyl adjacent to an activating group) is 1. The minimum Gasteiger partial charge on any atom is -0.334 e. The first kappa shape index (κ1) is 17.0. The van der Waals surface area contributed by atoms with Gasteiger partial charge in [-0.2, -0.15) is 0 Å². The zero-order valence-corrected chi connectivity index (χ0v) is 13.9. The van der Waals surface area contributed by atoms with E-state index in [9.17, 15) is 4.79 Å². The fourth-order valence-corrected chi connectivity index (χ4v) is 2.26. The van der Waals surface area contributed by atoms with Gasteiger partial charge in [0.1, 0.15) is 0 Å². The van der Waals surface area contributed by atoms with E-state index in [0.717, 1.165) is 17.7 Å². The molecule has 4 heteroatoms. The third kappa shape index (κ3) is 6.12. The van der Waals surface area contributed by atoms with Crippen molar-refractivity contribution in [3.63, 3.8) is 0 Å². The summed E-state index contributed by atoms with van der Waals surface area (Å²) in [7, 11) is 4.03. The quantitative estimate of drug-likeness (QED) is 0.853. The number of rotatable bonds is 7. The fraction of sp³-hybridized carbons (Fsp3) is 0.316. The Morgan fingerprint density at radius 3 is 2.00 bits per heavy atom. The molecule has 23 heavy (non-hydrogen) atoms. The lowest BCUT2D eigenvalue weighted by Crippen LogP contribution is -2.42. The molecule has 0 unspecified atom stereocenters. The van der Waals surface area contributed by atoms with Gasteiger partial charge >= 0.3 is 6.03 Å². The predicted molar refractivity (Wildman–Crippen MR) is 94.1 cm³/mol. The molecular weight excluding hydrogens is 286 g/mol. The van der Waals surface area contributed by atoms with E-state index < -0.39 is 0 Å². The summed E-state index contributed by atoms with van der Waals surface area (Å²) in [6, 6.07) is 20.0. The molecule has 0 bridgehead atoms. The van der Waals surface area contributed by atoms with E-state index in [4.69, 9.17) is 0 Å². The number of nitrogens with zero attached hydrogens (tertiary/aromatic N) is 2. The van der Waals surface area contributed by atoms with Crippen molar-refractivity contribution in [1.82, 2.24) is 15.1 Å². The molecule has 0 heterocycles. The van der Waals surface area contributed by atoms with Crippen LogP contribution in [0, 0.1) is 0 Å². The van der Waals surface area contributed by atoms with Crippen molar-refractivity contribution >= 4 is 6.03 Å². The second-order valence-electron chi connectivity index (χ2n) is 5.85. The van der Waals surface area contributed by atoms with Gasteiger partial charge in [-0.3, -0.25) is 0 Å². The SMILES string of the molecule is CN(C)CCN(Cc1ccccc1)C(=O)NCc1ccccc1. The van der Waals surface area contributed by atoms with Crippen molar-refractivity contribution in [1.29, 1.82) is 0 Å². The lowest BCUT2D eigenvalue weighted by molar-refractivity contribution is 0.188. The number of hydrogen-bond donors (Lipinski definition) is 1. The van der Waals surface area contributed by atoms with E-state index in [-0.39, 0.29) is 6.03 Å². The Bertz CT molecular complexity index is 584. The molecule has 0 radical (unpaired) electrons. The average Bonchev–Trinajstić information content (AvgIpc) is 2.58. The van der Waals surface area contributed by atoms with Crippen molar-refractivity contribution in [3.8, 4) is 0 Å². The highest BCUT2D eigenvalue weighted by atomic mass is 16.2. The Morgan fingerprint density at radius 1 is 0.870 bits per heavy atom. The van der Waals surface area contributed by atoms with E-state index in [2.05, 4.69) is 10.2 Å². The van der Waals surface area contributed by atoms with Crippen molar-refractivity contribution in [2.75, 3.05) is 27.2 Å². The van der Waals surface area contributed by atoms with Gasteiger partial charge in [0.05, 0.1) is 0 Å². The topological polar surface area (TPSA) is 35.6 Å². The maximum absolute atomic E-state index is 12.5. The van der Waals surface area contributed by atoms with Crippen LogP contribution in [0.3, 0.4) is 0 Å². The van der Waals surface area contributed by atoms with Gasteiger partial charge in [0.2, 0.25) is 0 Å². The van der Waals surface area contributed by atoms with Crippen molar-refractivity contribution < 1.29 is 4.79 Å². The smallest absolute Gasteiger partial charge is 0.318 e. The van der Waals surface area contributed by atoms with Crippen LogP contribution in [-0.4, -0.2) is 43.0 Å². The number of benzene rings is 2. The Hall–Kier alpha value is -2.33. The molecule has 0 saturated heterocycles. The predicted octanol–water partition coefficient (Wildman–Crippen LogP) is 2.96. The van der Waals surface area contributed by atoms with Crippen LogP contribution in [-0.2, 0) is 13.1 Å². The summed E-state index contributed by atoms with van der Waals surface area (Å²) in [5.74, 6) is 0. The lowest BCUT2D eigenvalue weighted by Gasteiger charge is -2.25. The van der Waals surface area contributed by atoms with Crippen LogP contribution in [0.1, 0.15) is 11.1 Å². The first-order valence-corrected chi connectivity index (χ1v) is 7.90. The molecule has 2 aromatic rings. The van der Waals surface area contributed by atoms with Gasteiger partial charge in [-0.15, -0.1) is 0 Å². The van der Waals surface area contributed by atoms with Gasteiger partial charge in [-0.1, -0.05) is 60.7 Å². The molecular formula is C19H25N3O. The molecule has 4 nitrogen and oxygen atoms in total. The van der Waals surface area contributed by atoms with E-state index in [1.807, 2.05) is 79.7 Å². The van der Waals surface area contributed by atoms with Crippen LogP contribution in [0.5, 0.6) is 0 Å². The van der Waals surface area contributed by atoms with Gasteiger partial charge in [-0.25, -0.2) is 4.79 Å². The second-order valence-corrected chi connectivity index (χ2v) is 5.85. The summed E-state index contributed by atoms with van der Waals surface area (Å²) < 4.78 is 0. The normalized spacial score (nSPS) is 10.6. The number of urea groups is 1. The largest absolute Gasteiger partial charge is 0.334 e. The maximum atomic E-state index is 12.5. The molecule has 0 atom stereocenters. The first-order chi connectivity index (χ1) is 11.1. The van der Waals surface area contributed by atoms with Crippen molar-refractivity contribution in [3.05, 3.63) is 71.8 Å². The standard InChI is InChI=1S/C19H25N3O/c1-21(2)13-14-22(16-18-11-7-4-8-12-18)19(23)20-15-17-9-5-3-6-10-17/h3-12H,13-16H2,1-2H3,(H,20,23). The zero-order chi connectivity index (χ0) is 16.5. The lowest BCUT2D eigenvalue weighted by atomic mass is 10.2. The molecule has 0 aliphatic rings. The Kier molecular flexibility index (Phi) is 6.63. The summed E-state index contributed by atoms with van der Waals surface area (Å²) >= 11 is 0. The third-order valence-corrected chi connectivity index (χ3v) is 3.61. The summed E-state index contributed by atoms with van der Waals surface area (Å²) in [5, 5.41) is 3.01. The molecule has 1 N–H and O–H groups in total. The monoisotopic (exact) mass is 311 g/mol. The summed E-state index contributed by atoms with van der Waals surface area (Å²) in [4.78, 5) is 16.5. The van der Waals surface area contributed by atoms with Gasteiger partial charge in [0.15, 0.2) is 0 Å². The van der Waals surface area contributed by atoms with Crippen molar-refractivity contribution in [2.45, 2.75) is 13.1 Å². The molecule has 0 aliphatic carbocycles. The van der Waals surface area contributed by atoms with Gasteiger partial charge < -0.3 is 15.1 Å². The van der Waals surface area contributed by atoms with E-state index in [1.165, 1.54) is 0 Å². The summed E-state index contributed by atoms with van der Waals surface area (Å²) in [6.45, 7) is 2.70. The van der Waals surface area contributed by atoms with E-state index in [0.29, 0.717) is 19.6 Å². The van der Waals surface area contributed by atoms with Crippen LogP contribution in [0.2, 0.25) is 0 Å². The minimum absolute atomic E-state index is 0.0282. The number of hydrogen-bond acceptors (Lipinski definition) is 2. The molecule has 122 valence electrons. The molecule has 0 aliphatic heterocycles.